The van der Waals surface area contributed by atoms with Crippen molar-refractivity contribution < 1.29 is 0 Å². The minimum atomic E-state index is -0.370. The lowest BCUT2D eigenvalue weighted by Gasteiger charge is -2.10. The van der Waals surface area contributed by atoms with Gasteiger partial charge in [0.05, 0.1) is 0 Å². The Morgan fingerprint density at radius 1 is 1.19 bits per heavy atom. The Labute approximate surface area is 94.5 Å². The number of unbranched alkanes of at least 4 members (excludes halogenated alkanes) is 1. The molecule has 0 aliphatic carbocycles. The second-order valence-corrected chi connectivity index (χ2v) is 3.87. The van der Waals surface area contributed by atoms with Crippen molar-refractivity contribution in [1.29, 1.82) is 0 Å². The molecule has 0 radical (unpaired) electrons. The van der Waals surface area contributed by atoms with Gasteiger partial charge in [-0.05, 0) is 12.8 Å². The first-order valence-corrected chi connectivity index (χ1v) is 5.71. The van der Waals surface area contributed by atoms with Crippen molar-refractivity contribution in [3.8, 4) is 0 Å². The van der Waals surface area contributed by atoms with E-state index in [0.29, 0.717) is 13.1 Å². The molecule has 0 atom stereocenters. The molecule has 0 unspecified atom stereocenters. The van der Waals surface area contributed by atoms with Crippen molar-refractivity contribution in [3.63, 3.8) is 0 Å². The summed E-state index contributed by atoms with van der Waals surface area (Å²) in [6, 6.07) is 0. The second kappa shape index (κ2) is 5.53. The van der Waals surface area contributed by atoms with Crippen molar-refractivity contribution >= 4 is 5.69 Å². The van der Waals surface area contributed by atoms with Crippen LogP contribution in [0.2, 0.25) is 0 Å². The summed E-state index contributed by atoms with van der Waals surface area (Å²) in [5.41, 5.74) is 5.12. The van der Waals surface area contributed by atoms with Crippen molar-refractivity contribution in [2.24, 2.45) is 0 Å². The summed E-state index contributed by atoms with van der Waals surface area (Å²) in [7, 11) is 0. The van der Waals surface area contributed by atoms with Gasteiger partial charge in [-0.15, -0.1) is 0 Å². The average Bonchev–Trinajstić information content (AvgIpc) is 2.26. The van der Waals surface area contributed by atoms with E-state index in [0.717, 1.165) is 19.3 Å². The molecule has 1 heterocycles. The topological polar surface area (TPSA) is 70.0 Å². The van der Waals surface area contributed by atoms with Crippen molar-refractivity contribution in [1.82, 2.24) is 9.13 Å². The molecule has 0 aliphatic heterocycles. The SMILES string of the molecule is CCCCn1c(=O)c(N)cn(CCC)c1=O. The number of aryl methyl sites for hydroxylation is 1. The van der Waals surface area contributed by atoms with Crippen LogP contribution in [0.25, 0.3) is 0 Å². The Morgan fingerprint density at radius 2 is 1.88 bits per heavy atom. The zero-order valence-corrected chi connectivity index (χ0v) is 9.90. The molecule has 0 aliphatic rings. The summed E-state index contributed by atoms with van der Waals surface area (Å²) < 4.78 is 2.74. The van der Waals surface area contributed by atoms with E-state index in [1.165, 1.54) is 15.3 Å². The monoisotopic (exact) mass is 225 g/mol. The molecule has 1 aromatic rings. The summed E-state index contributed by atoms with van der Waals surface area (Å²) in [5.74, 6) is 0. The highest BCUT2D eigenvalue weighted by molar-refractivity contribution is 5.30. The first-order valence-electron chi connectivity index (χ1n) is 5.71. The molecule has 0 saturated heterocycles. The molecule has 5 heteroatoms. The van der Waals surface area contributed by atoms with Crippen molar-refractivity contribution in [2.45, 2.75) is 46.2 Å². The van der Waals surface area contributed by atoms with Crippen LogP contribution in [-0.4, -0.2) is 9.13 Å². The lowest BCUT2D eigenvalue weighted by atomic mass is 10.3. The van der Waals surface area contributed by atoms with Gasteiger partial charge in [0.2, 0.25) is 0 Å². The van der Waals surface area contributed by atoms with Gasteiger partial charge in [0.25, 0.3) is 5.56 Å². The maximum absolute atomic E-state index is 11.9. The fraction of sp³-hybridized carbons (Fsp3) is 0.636. The Morgan fingerprint density at radius 3 is 2.44 bits per heavy atom. The Bertz CT molecular complexity index is 459. The summed E-state index contributed by atoms with van der Waals surface area (Å²) >= 11 is 0. The number of hydrogen-bond donors (Lipinski definition) is 1. The van der Waals surface area contributed by atoms with Crippen molar-refractivity contribution in [2.75, 3.05) is 5.73 Å². The van der Waals surface area contributed by atoms with Gasteiger partial charge in [0.15, 0.2) is 0 Å². The van der Waals surface area contributed by atoms with Gasteiger partial charge in [0, 0.05) is 19.3 Å². The lowest BCUT2D eigenvalue weighted by molar-refractivity contribution is 0.529. The highest BCUT2D eigenvalue weighted by atomic mass is 16.2. The molecule has 16 heavy (non-hydrogen) atoms. The predicted octanol–water partition coefficient (Wildman–Crippen LogP) is 0.802. The van der Waals surface area contributed by atoms with Crippen LogP contribution in [0.1, 0.15) is 33.1 Å². The number of rotatable bonds is 5. The van der Waals surface area contributed by atoms with Gasteiger partial charge in [-0.2, -0.15) is 0 Å². The standard InChI is InChI=1S/C11H19N3O2/c1-3-5-7-14-10(15)9(12)8-13(6-4-2)11(14)16/h8H,3-7,12H2,1-2H3. The number of hydrogen-bond acceptors (Lipinski definition) is 3. The van der Waals surface area contributed by atoms with Gasteiger partial charge in [-0.3, -0.25) is 13.9 Å². The van der Waals surface area contributed by atoms with E-state index in [4.69, 9.17) is 5.73 Å². The lowest BCUT2D eigenvalue weighted by Crippen LogP contribution is -2.40. The maximum atomic E-state index is 11.9. The number of anilines is 1. The number of nitrogens with zero attached hydrogens (tertiary/aromatic N) is 2. The third-order valence-electron chi connectivity index (χ3n) is 2.46. The molecule has 5 nitrogen and oxygen atoms in total. The predicted molar refractivity (Wildman–Crippen MR) is 64.6 cm³/mol. The smallest absolute Gasteiger partial charge is 0.331 e. The average molecular weight is 225 g/mol. The van der Waals surface area contributed by atoms with E-state index >= 15 is 0 Å². The molecular formula is C11H19N3O2. The molecule has 0 bridgehead atoms. The molecule has 90 valence electrons. The third-order valence-corrected chi connectivity index (χ3v) is 2.46. The molecule has 0 aromatic carbocycles. The fourth-order valence-corrected chi connectivity index (χ4v) is 1.59. The molecular weight excluding hydrogens is 206 g/mol. The number of nitrogen functional groups attached to an aromatic ring is 1. The summed E-state index contributed by atoms with van der Waals surface area (Å²) in [4.78, 5) is 23.6. The van der Waals surface area contributed by atoms with Gasteiger partial charge < -0.3 is 5.73 Å². The normalized spacial score (nSPS) is 10.6. The van der Waals surface area contributed by atoms with E-state index in [9.17, 15) is 9.59 Å². The molecule has 0 spiro atoms. The van der Waals surface area contributed by atoms with Gasteiger partial charge in [-0.25, -0.2) is 4.79 Å². The quantitative estimate of drug-likeness (QED) is 0.805. The fourth-order valence-electron chi connectivity index (χ4n) is 1.59. The second-order valence-electron chi connectivity index (χ2n) is 3.87. The van der Waals surface area contributed by atoms with E-state index in [2.05, 4.69) is 0 Å². The zero-order chi connectivity index (χ0) is 12.1. The first-order chi connectivity index (χ1) is 7.61. The summed E-state index contributed by atoms with van der Waals surface area (Å²) in [6.07, 6.45) is 4.03. The number of nitrogens with two attached hydrogens (primary N) is 1. The van der Waals surface area contributed by atoms with E-state index in [1.54, 1.807) is 0 Å². The highest BCUT2D eigenvalue weighted by Gasteiger charge is 2.07. The van der Waals surface area contributed by atoms with Crippen LogP contribution in [-0.2, 0) is 13.1 Å². The van der Waals surface area contributed by atoms with Gasteiger partial charge in [0.1, 0.15) is 5.69 Å². The Balaban J connectivity index is 3.23. The minimum absolute atomic E-state index is 0.143. The van der Waals surface area contributed by atoms with Crippen LogP contribution in [0.4, 0.5) is 5.69 Å². The molecule has 0 fully saturated rings. The zero-order valence-electron chi connectivity index (χ0n) is 9.90. The minimum Gasteiger partial charge on any atom is -0.393 e. The molecule has 1 rings (SSSR count). The maximum Gasteiger partial charge on any atom is 0.331 e. The van der Waals surface area contributed by atoms with Crippen LogP contribution in [0.3, 0.4) is 0 Å². The highest BCUT2D eigenvalue weighted by Crippen LogP contribution is 1.94. The largest absolute Gasteiger partial charge is 0.393 e. The van der Waals surface area contributed by atoms with E-state index in [-0.39, 0.29) is 16.9 Å². The Kier molecular flexibility index (Phi) is 4.34. The first kappa shape index (κ1) is 12.5. The summed E-state index contributed by atoms with van der Waals surface area (Å²) in [6.45, 7) is 5.03. The summed E-state index contributed by atoms with van der Waals surface area (Å²) in [5, 5.41) is 0. The van der Waals surface area contributed by atoms with E-state index < -0.39 is 0 Å². The molecule has 2 N–H and O–H groups in total. The Hall–Kier alpha value is -1.52. The molecule has 1 aromatic heterocycles. The van der Waals surface area contributed by atoms with E-state index in [1.807, 2.05) is 13.8 Å². The van der Waals surface area contributed by atoms with Crippen LogP contribution in [0.5, 0.6) is 0 Å². The molecule has 0 amide bonds. The van der Waals surface area contributed by atoms with Crippen molar-refractivity contribution in [3.05, 3.63) is 27.0 Å². The third kappa shape index (κ3) is 2.53. The van der Waals surface area contributed by atoms with Gasteiger partial charge >= 0.3 is 5.69 Å². The van der Waals surface area contributed by atoms with Crippen LogP contribution < -0.4 is 17.0 Å². The van der Waals surface area contributed by atoms with Gasteiger partial charge in [-0.1, -0.05) is 20.3 Å². The number of aromatic nitrogens is 2. The molecule has 0 saturated carbocycles. The van der Waals surface area contributed by atoms with Crippen LogP contribution >= 0.6 is 0 Å². The van der Waals surface area contributed by atoms with Crippen LogP contribution in [0, 0.1) is 0 Å². The van der Waals surface area contributed by atoms with Crippen LogP contribution in [0.15, 0.2) is 15.8 Å².